The largest absolute Gasteiger partial charge is 0.383 e. The van der Waals surface area contributed by atoms with Crippen molar-refractivity contribution in [3.63, 3.8) is 0 Å². The summed E-state index contributed by atoms with van der Waals surface area (Å²) in [6, 6.07) is 9.32. The molecule has 0 aliphatic carbocycles. The van der Waals surface area contributed by atoms with Gasteiger partial charge < -0.3 is 10.3 Å². The van der Waals surface area contributed by atoms with Crippen LogP contribution in [0, 0.1) is 23.7 Å². The summed E-state index contributed by atoms with van der Waals surface area (Å²) < 4.78 is 1.87. The summed E-state index contributed by atoms with van der Waals surface area (Å²) in [6.07, 6.45) is 7.21. The summed E-state index contributed by atoms with van der Waals surface area (Å²) >= 11 is 0. The maximum atomic E-state index is 8.83. The van der Waals surface area contributed by atoms with Crippen LogP contribution in [0.1, 0.15) is 24.7 Å². The Morgan fingerprint density at radius 2 is 2.05 bits per heavy atom. The molecule has 0 spiro atoms. The monoisotopic (exact) mass is 264 g/mol. The van der Waals surface area contributed by atoms with E-state index in [1.54, 1.807) is 12.1 Å². The van der Waals surface area contributed by atoms with Crippen molar-refractivity contribution >= 4 is 5.82 Å². The molecule has 0 saturated heterocycles. The van der Waals surface area contributed by atoms with Crippen LogP contribution in [0.25, 0.3) is 11.3 Å². The molecule has 0 bridgehead atoms. The highest BCUT2D eigenvalue weighted by Gasteiger charge is 2.15. The number of aromatic nitrogens is 2. The third kappa shape index (κ3) is 2.50. The smallest absolute Gasteiger partial charge is 0.132 e. The van der Waals surface area contributed by atoms with Gasteiger partial charge in [0.25, 0.3) is 0 Å². The zero-order valence-corrected chi connectivity index (χ0v) is 11.4. The highest BCUT2D eigenvalue weighted by molar-refractivity contribution is 5.71. The van der Waals surface area contributed by atoms with Crippen LogP contribution in [0.15, 0.2) is 24.3 Å². The molecule has 100 valence electrons. The van der Waals surface area contributed by atoms with E-state index in [-0.39, 0.29) is 0 Å². The van der Waals surface area contributed by atoms with Crippen molar-refractivity contribution in [2.24, 2.45) is 0 Å². The summed E-state index contributed by atoms with van der Waals surface area (Å²) in [7, 11) is 0. The van der Waals surface area contributed by atoms with Gasteiger partial charge in [0, 0.05) is 12.0 Å². The van der Waals surface area contributed by atoms with E-state index in [2.05, 4.69) is 23.9 Å². The van der Waals surface area contributed by atoms with E-state index in [0.717, 1.165) is 29.9 Å². The number of rotatable bonds is 4. The van der Waals surface area contributed by atoms with Gasteiger partial charge in [0.2, 0.25) is 0 Å². The maximum absolute atomic E-state index is 8.83. The van der Waals surface area contributed by atoms with E-state index in [4.69, 9.17) is 17.4 Å². The van der Waals surface area contributed by atoms with Gasteiger partial charge in [0.15, 0.2) is 0 Å². The molecule has 0 radical (unpaired) electrons. The number of terminal acetylenes is 1. The minimum absolute atomic E-state index is 0.421. The van der Waals surface area contributed by atoms with Crippen molar-refractivity contribution in [2.75, 3.05) is 5.73 Å². The molecule has 0 fully saturated rings. The first-order valence-corrected chi connectivity index (χ1v) is 6.50. The van der Waals surface area contributed by atoms with Crippen LogP contribution in [-0.2, 0) is 13.0 Å². The number of imidazole rings is 1. The molecular weight excluding hydrogens is 248 g/mol. The first-order chi connectivity index (χ1) is 9.71. The van der Waals surface area contributed by atoms with Gasteiger partial charge in [0.1, 0.15) is 17.3 Å². The minimum Gasteiger partial charge on any atom is -0.383 e. The van der Waals surface area contributed by atoms with Gasteiger partial charge >= 0.3 is 0 Å². The number of nitrogens with two attached hydrogens (primary N) is 1. The zero-order chi connectivity index (χ0) is 14.5. The molecule has 2 aromatic rings. The standard InChI is InChI=1S/C16H16N4/c1-3-5-14-19-15(16(18)20(14)10-4-2)13-8-6-12(11-17)7-9-13/h2,6-9H,3,5,10,18H2,1H3. The van der Waals surface area contributed by atoms with Gasteiger partial charge in [0.05, 0.1) is 18.2 Å². The molecule has 4 heteroatoms. The van der Waals surface area contributed by atoms with E-state index in [0.29, 0.717) is 17.9 Å². The minimum atomic E-state index is 0.421. The summed E-state index contributed by atoms with van der Waals surface area (Å²) in [5, 5.41) is 8.83. The summed E-state index contributed by atoms with van der Waals surface area (Å²) in [5.41, 5.74) is 8.41. The SMILES string of the molecule is C#CCn1c(CCC)nc(-c2ccc(C#N)cc2)c1N. The van der Waals surface area contributed by atoms with Crippen molar-refractivity contribution in [1.29, 1.82) is 5.26 Å². The van der Waals surface area contributed by atoms with Crippen molar-refractivity contribution < 1.29 is 0 Å². The second kappa shape index (κ2) is 5.95. The second-order valence-corrected chi connectivity index (χ2v) is 4.49. The first kappa shape index (κ1) is 13.7. The van der Waals surface area contributed by atoms with Crippen LogP contribution in [0.4, 0.5) is 5.82 Å². The third-order valence-corrected chi connectivity index (χ3v) is 3.10. The zero-order valence-electron chi connectivity index (χ0n) is 11.4. The normalized spacial score (nSPS) is 9.95. The third-order valence-electron chi connectivity index (χ3n) is 3.10. The Hall–Kier alpha value is -2.72. The molecule has 0 aliphatic rings. The predicted octanol–water partition coefficient (Wildman–Crippen LogP) is 2.59. The quantitative estimate of drug-likeness (QED) is 0.863. The predicted molar refractivity (Wildman–Crippen MR) is 79.6 cm³/mol. The molecule has 0 amide bonds. The van der Waals surface area contributed by atoms with Gasteiger partial charge in [-0.2, -0.15) is 5.26 Å². The summed E-state index contributed by atoms with van der Waals surface area (Å²) in [6.45, 7) is 2.51. The summed E-state index contributed by atoms with van der Waals surface area (Å²) in [4.78, 5) is 4.60. The average Bonchev–Trinajstić information content (AvgIpc) is 2.77. The molecule has 1 heterocycles. The van der Waals surface area contributed by atoms with Crippen LogP contribution in [0.3, 0.4) is 0 Å². The lowest BCUT2D eigenvalue weighted by Crippen LogP contribution is -2.06. The van der Waals surface area contributed by atoms with E-state index in [9.17, 15) is 0 Å². The van der Waals surface area contributed by atoms with Crippen molar-refractivity contribution in [3.05, 3.63) is 35.7 Å². The van der Waals surface area contributed by atoms with Crippen LogP contribution < -0.4 is 5.73 Å². The van der Waals surface area contributed by atoms with Crippen LogP contribution in [-0.4, -0.2) is 9.55 Å². The van der Waals surface area contributed by atoms with Crippen LogP contribution >= 0.6 is 0 Å². The van der Waals surface area contributed by atoms with Gasteiger partial charge in [-0.1, -0.05) is 25.0 Å². The number of hydrogen-bond acceptors (Lipinski definition) is 3. The van der Waals surface area contributed by atoms with E-state index >= 15 is 0 Å². The number of benzene rings is 1. The van der Waals surface area contributed by atoms with Crippen molar-refractivity contribution in [3.8, 4) is 29.7 Å². The van der Waals surface area contributed by atoms with Crippen LogP contribution in [0.2, 0.25) is 0 Å². The molecule has 0 unspecified atom stereocenters. The highest BCUT2D eigenvalue weighted by Crippen LogP contribution is 2.27. The lowest BCUT2D eigenvalue weighted by Gasteiger charge is -2.04. The maximum Gasteiger partial charge on any atom is 0.132 e. The molecule has 0 saturated carbocycles. The molecule has 20 heavy (non-hydrogen) atoms. The number of hydrogen-bond donors (Lipinski definition) is 1. The lowest BCUT2D eigenvalue weighted by molar-refractivity contribution is 0.733. The fourth-order valence-electron chi connectivity index (χ4n) is 2.11. The number of aryl methyl sites for hydroxylation is 1. The number of nitrogen functional groups attached to an aromatic ring is 1. The van der Waals surface area contributed by atoms with E-state index < -0.39 is 0 Å². The van der Waals surface area contributed by atoms with Crippen molar-refractivity contribution in [2.45, 2.75) is 26.3 Å². The Kier molecular flexibility index (Phi) is 4.08. The lowest BCUT2D eigenvalue weighted by atomic mass is 10.1. The van der Waals surface area contributed by atoms with Gasteiger partial charge in [-0.3, -0.25) is 0 Å². The Morgan fingerprint density at radius 1 is 1.35 bits per heavy atom. The van der Waals surface area contributed by atoms with Gasteiger partial charge in [-0.25, -0.2) is 4.98 Å². The molecule has 2 rings (SSSR count). The molecule has 0 aliphatic heterocycles. The fraction of sp³-hybridized carbons (Fsp3) is 0.250. The van der Waals surface area contributed by atoms with Crippen molar-refractivity contribution in [1.82, 2.24) is 9.55 Å². The number of anilines is 1. The molecule has 2 N–H and O–H groups in total. The topological polar surface area (TPSA) is 67.6 Å². The second-order valence-electron chi connectivity index (χ2n) is 4.49. The fourth-order valence-corrected chi connectivity index (χ4v) is 2.11. The van der Waals surface area contributed by atoms with E-state index in [1.165, 1.54) is 0 Å². The molecule has 1 aromatic carbocycles. The first-order valence-electron chi connectivity index (χ1n) is 6.50. The molecule has 0 atom stereocenters. The Bertz CT molecular complexity index is 681. The van der Waals surface area contributed by atoms with Crippen LogP contribution in [0.5, 0.6) is 0 Å². The molecule has 4 nitrogen and oxygen atoms in total. The van der Waals surface area contributed by atoms with Gasteiger partial charge in [-0.15, -0.1) is 6.42 Å². The van der Waals surface area contributed by atoms with Gasteiger partial charge in [-0.05, 0) is 18.6 Å². The highest BCUT2D eigenvalue weighted by atomic mass is 15.1. The average molecular weight is 264 g/mol. The molecule has 1 aromatic heterocycles. The summed E-state index contributed by atoms with van der Waals surface area (Å²) in [5.74, 6) is 4.09. The Morgan fingerprint density at radius 3 is 2.60 bits per heavy atom. The van der Waals surface area contributed by atoms with E-state index in [1.807, 2.05) is 16.7 Å². The Balaban J connectivity index is 2.48. The number of nitriles is 1. The molecular formula is C16H16N4. The number of nitrogens with zero attached hydrogens (tertiary/aromatic N) is 3. The Labute approximate surface area is 118 Å².